The fourth-order valence-corrected chi connectivity index (χ4v) is 6.55. The Bertz CT molecular complexity index is 2730. The van der Waals surface area contributed by atoms with Gasteiger partial charge in [-0.3, -0.25) is 9.78 Å². The van der Waals surface area contributed by atoms with Crippen molar-refractivity contribution in [1.29, 1.82) is 0 Å². The first kappa shape index (κ1) is 77.7. The van der Waals surface area contributed by atoms with Crippen LogP contribution in [0.5, 0.6) is 23.0 Å². The molecule has 0 unspecified atom stereocenters. The van der Waals surface area contributed by atoms with E-state index >= 15 is 0 Å². The van der Waals surface area contributed by atoms with Gasteiger partial charge in [0.2, 0.25) is 0 Å². The summed E-state index contributed by atoms with van der Waals surface area (Å²) >= 11 is 0. The molecule has 0 amide bonds. The third kappa shape index (κ3) is 21.5. The summed E-state index contributed by atoms with van der Waals surface area (Å²) in [5.74, 6) is 1.12. The molecule has 7 nitrogen and oxygen atoms in total. The van der Waals surface area contributed by atoms with E-state index in [9.17, 15) is 25.2 Å². The van der Waals surface area contributed by atoms with Crippen molar-refractivity contribution >= 4 is 38.3 Å². The molecular weight excluding hydrogens is 1160 g/mol. The van der Waals surface area contributed by atoms with Gasteiger partial charge >= 0.3 is 0 Å². The predicted molar refractivity (Wildman–Crippen MR) is 284 cm³/mol. The normalized spacial score (nSPS) is 9.59. The smallest absolute Gasteiger partial charge is 0.197 e. The standard InChI is InChI=1S/C13H9NO2.C13H10O.C11H10O.C9H7NO.4C2H6.4CH3.4Y/c15-11-7-3-5-9-12(11)14-10-6-2-1-4-8(10)13(9)16;14-13-7-3-6-11-10-5-2-1-4-9(10)8-12(11)13;12-11-8-4-3-7-10(11)9-5-1-2-6-9;11-8-5-1-3-7-4-2-6-10-9(7)8;4*1-2;;;;;;;;/h1-7,15H,(H,14,16);1-7,14H,8H2;1-5,7-8,12H,6H2;1-6,11H;4*1-2H3;4*1H3;;;;/q;;;;;;;;4*-1;;;;. The number of aromatic amines is 1. The zero-order valence-corrected chi connectivity index (χ0v) is 54.3. The molecule has 6 aromatic carbocycles. The van der Waals surface area contributed by atoms with Crippen molar-refractivity contribution in [1.82, 2.24) is 9.97 Å². The number of fused-ring (bicyclic) bond motifs is 6. The summed E-state index contributed by atoms with van der Waals surface area (Å²) in [6, 6.07) is 42.8. The molecule has 2 aromatic heterocycles. The van der Waals surface area contributed by atoms with Crippen molar-refractivity contribution in [3.8, 4) is 34.1 Å². The number of aromatic hydroxyl groups is 4. The molecule has 0 fully saturated rings. The number of phenols is 4. The van der Waals surface area contributed by atoms with Crippen LogP contribution in [0.15, 0.2) is 169 Å². The zero-order chi connectivity index (χ0) is 44.7. The van der Waals surface area contributed by atoms with Crippen LogP contribution in [0.3, 0.4) is 0 Å². The summed E-state index contributed by atoms with van der Waals surface area (Å²) in [6.45, 7) is 16.0. The number of nitrogens with one attached hydrogen (secondary N) is 1. The summed E-state index contributed by atoms with van der Waals surface area (Å²) < 4.78 is 0. The first-order valence-corrected chi connectivity index (χ1v) is 21.2. The summed E-state index contributed by atoms with van der Waals surface area (Å²) in [5.41, 5.74) is 8.79. The maximum absolute atomic E-state index is 12.1. The molecule has 0 spiro atoms. The predicted octanol–water partition coefficient (Wildman–Crippen LogP) is 15.9. The van der Waals surface area contributed by atoms with Crippen LogP contribution in [-0.2, 0) is 137 Å². The number of phenolic OH excluding ortho intramolecular Hbond substituents is 4. The number of H-pyrrole nitrogens is 1. The van der Waals surface area contributed by atoms with Crippen molar-refractivity contribution in [2.24, 2.45) is 0 Å². The van der Waals surface area contributed by atoms with Crippen molar-refractivity contribution < 1.29 is 151 Å². The van der Waals surface area contributed by atoms with Crippen molar-refractivity contribution in [3.63, 3.8) is 0 Å². The second-order valence-electron chi connectivity index (χ2n) is 12.5. The summed E-state index contributed by atoms with van der Waals surface area (Å²) in [6.07, 6.45) is 9.59. The summed E-state index contributed by atoms with van der Waals surface area (Å²) in [4.78, 5) is 19.2. The number of aromatic nitrogens is 2. The molecule has 360 valence electrons. The van der Waals surface area contributed by atoms with Crippen LogP contribution in [0.4, 0.5) is 0 Å². The van der Waals surface area contributed by atoms with E-state index in [1.807, 2.05) is 140 Å². The van der Waals surface area contributed by atoms with Gasteiger partial charge in [-0.2, -0.15) is 0 Å². The van der Waals surface area contributed by atoms with Gasteiger partial charge in [0.25, 0.3) is 0 Å². The SMILES string of the molecule is CC.CC.CC.CC.O=c1c2ccccc2[nH]c2c(O)cccc12.Oc1cccc2c1Cc1ccccc1-2.Oc1cccc2cccnc12.Oc1ccccc1C1=CC=CC1.[CH3-].[CH3-].[CH3-].[CH3-].[Y].[Y].[Y].[Y]. The van der Waals surface area contributed by atoms with Crippen molar-refractivity contribution in [3.05, 3.63) is 221 Å². The number of benzene rings is 6. The van der Waals surface area contributed by atoms with E-state index < -0.39 is 0 Å². The van der Waals surface area contributed by atoms with Crippen LogP contribution in [-0.4, -0.2) is 30.4 Å². The fraction of sp³-hybridized carbons (Fsp3) is 0.172. The summed E-state index contributed by atoms with van der Waals surface area (Å²) in [5, 5.41) is 40.3. The molecule has 0 saturated carbocycles. The first-order valence-electron chi connectivity index (χ1n) is 21.2. The number of allylic oxidation sites excluding steroid dienone is 4. The Morgan fingerprint density at radius 2 is 0.986 bits per heavy atom. The molecule has 2 aliphatic carbocycles. The Morgan fingerprint density at radius 3 is 1.61 bits per heavy atom. The number of para-hydroxylation sites is 4. The summed E-state index contributed by atoms with van der Waals surface area (Å²) in [7, 11) is 0. The quantitative estimate of drug-likeness (QED) is 0.0823. The minimum Gasteiger partial charge on any atom is -0.508 e. The van der Waals surface area contributed by atoms with Gasteiger partial charge < -0.3 is 55.1 Å². The number of pyridine rings is 2. The molecule has 5 N–H and O–H groups in total. The number of hydrogen-bond donors (Lipinski definition) is 5. The Kier molecular flexibility index (Phi) is 48.4. The molecule has 0 atom stereocenters. The molecule has 2 heterocycles. The van der Waals surface area contributed by atoms with Gasteiger partial charge in [-0.25, -0.2) is 0 Å². The Morgan fingerprint density at radius 1 is 0.493 bits per heavy atom. The van der Waals surface area contributed by atoms with E-state index in [-0.39, 0.29) is 177 Å². The molecule has 0 aliphatic heterocycles. The maximum atomic E-state index is 12.1. The van der Waals surface area contributed by atoms with Gasteiger partial charge in [-0.1, -0.05) is 165 Å². The first-order chi connectivity index (χ1) is 29.9. The second-order valence-corrected chi connectivity index (χ2v) is 12.5. The molecule has 8 aromatic rings. The third-order valence-electron chi connectivity index (χ3n) is 9.18. The average Bonchev–Trinajstić information content (AvgIpc) is 4.01. The Labute approximate surface area is 515 Å². The van der Waals surface area contributed by atoms with Gasteiger partial charge in [-0.05, 0) is 77.2 Å². The largest absolute Gasteiger partial charge is 0.508 e. The fourth-order valence-electron chi connectivity index (χ4n) is 6.55. The van der Waals surface area contributed by atoms with E-state index in [0.29, 0.717) is 33.3 Å². The number of hydrogen-bond acceptors (Lipinski definition) is 6. The van der Waals surface area contributed by atoms with Crippen molar-refractivity contribution in [2.45, 2.75) is 68.2 Å². The monoisotopic (exact) mass is 1230 g/mol. The van der Waals surface area contributed by atoms with E-state index in [1.165, 1.54) is 22.3 Å². The van der Waals surface area contributed by atoms with Crippen LogP contribution in [0.1, 0.15) is 78.5 Å². The Hall–Kier alpha value is -2.70. The Balaban J connectivity index is -0.000000177. The molecule has 69 heavy (non-hydrogen) atoms. The van der Waals surface area contributed by atoms with E-state index in [4.69, 9.17) is 0 Å². The van der Waals surface area contributed by atoms with Crippen LogP contribution < -0.4 is 5.43 Å². The van der Waals surface area contributed by atoms with Crippen LogP contribution in [0.2, 0.25) is 0 Å². The van der Waals surface area contributed by atoms with Crippen LogP contribution in [0.25, 0.3) is 49.4 Å². The van der Waals surface area contributed by atoms with E-state index in [0.717, 1.165) is 34.9 Å². The number of nitrogens with zero attached hydrogens (tertiary/aromatic N) is 1. The van der Waals surface area contributed by atoms with Gasteiger partial charge in [0.1, 0.15) is 28.5 Å². The molecule has 11 heteroatoms. The van der Waals surface area contributed by atoms with Gasteiger partial charge in [0.05, 0.1) is 5.52 Å². The maximum Gasteiger partial charge on any atom is 0.197 e. The molecule has 0 bridgehead atoms. The van der Waals surface area contributed by atoms with Gasteiger partial charge in [0, 0.05) is 176 Å². The van der Waals surface area contributed by atoms with Gasteiger partial charge in [0.15, 0.2) is 5.43 Å². The minimum absolute atomic E-state index is 0. The van der Waals surface area contributed by atoms with E-state index in [1.54, 1.807) is 54.7 Å². The van der Waals surface area contributed by atoms with Crippen LogP contribution in [0, 0.1) is 29.7 Å². The molecule has 2 aliphatic rings. The minimum atomic E-state index is -0.0553. The topological polar surface area (TPSA) is 127 Å². The van der Waals surface area contributed by atoms with Crippen LogP contribution >= 0.6 is 0 Å². The second kappa shape index (κ2) is 42.9. The van der Waals surface area contributed by atoms with E-state index in [2.05, 4.69) is 34.2 Å². The molecule has 4 radical (unpaired) electrons. The molecular formula is C58H72N2O5Y4-4. The number of rotatable bonds is 1. The average molecular weight is 1230 g/mol. The van der Waals surface area contributed by atoms with Crippen molar-refractivity contribution in [2.75, 3.05) is 0 Å². The van der Waals surface area contributed by atoms with Gasteiger partial charge in [-0.15, -0.1) is 0 Å². The third-order valence-corrected chi connectivity index (χ3v) is 9.18. The zero-order valence-electron chi connectivity index (χ0n) is 43.0. The molecule has 10 rings (SSSR count). The molecule has 0 saturated heterocycles.